The molecule has 3 rings (SSSR count). The molecule has 0 spiro atoms. The number of nitrogens with one attached hydrogen (secondary N) is 1. The molecule has 1 aromatic carbocycles. The third kappa shape index (κ3) is 5.30. The molecule has 1 amide bonds. The zero-order chi connectivity index (χ0) is 22.8. The first kappa shape index (κ1) is 22.9. The molecule has 3 N–H and O–H groups in total. The van der Waals surface area contributed by atoms with E-state index in [-0.39, 0.29) is 25.6 Å². The Hall–Kier alpha value is -2.75. The van der Waals surface area contributed by atoms with Gasteiger partial charge in [0.15, 0.2) is 5.82 Å². The molecule has 2 aromatic heterocycles. The van der Waals surface area contributed by atoms with Gasteiger partial charge in [0.25, 0.3) is 0 Å². The number of carbonyl (C=O) groups excluding carboxylic acids is 1. The number of benzene rings is 1. The van der Waals surface area contributed by atoms with Crippen molar-refractivity contribution in [2.45, 2.75) is 59.0 Å². The molecule has 0 atom stereocenters. The van der Waals surface area contributed by atoms with Crippen LogP contribution >= 0.6 is 0 Å². The van der Waals surface area contributed by atoms with Crippen molar-refractivity contribution in [1.82, 2.24) is 14.5 Å². The summed E-state index contributed by atoms with van der Waals surface area (Å²) in [6, 6.07) is 7.52. The summed E-state index contributed by atoms with van der Waals surface area (Å²) in [6.07, 6.45) is -0.744. The Balaban J connectivity index is 2.19. The largest absolute Gasteiger partial charge is 0.441 e. The van der Waals surface area contributed by atoms with E-state index in [4.69, 9.17) is 14.5 Å². The number of hydrogen-bond acceptors (Lipinski definition) is 7. The summed E-state index contributed by atoms with van der Waals surface area (Å²) in [5, 5.41) is 23.4. The zero-order valence-corrected chi connectivity index (χ0v) is 18.6. The number of pyridine rings is 1. The number of para-hydroxylation sites is 1. The van der Waals surface area contributed by atoms with Crippen molar-refractivity contribution in [2.24, 2.45) is 0 Å². The number of aliphatic hydroxyl groups is 2. The number of aromatic nitrogens is 3. The number of imidazole rings is 1. The van der Waals surface area contributed by atoms with Crippen LogP contribution in [-0.2, 0) is 22.6 Å². The Morgan fingerprint density at radius 3 is 2.55 bits per heavy atom. The Bertz CT molecular complexity index is 1080. The molecule has 0 saturated heterocycles. The highest BCUT2D eigenvalue weighted by molar-refractivity contribution is 6.09. The topological polar surface area (TPSA) is 119 Å². The minimum absolute atomic E-state index is 0.236. The van der Waals surface area contributed by atoms with Crippen molar-refractivity contribution >= 4 is 33.8 Å². The molecule has 0 radical (unpaired) electrons. The highest BCUT2D eigenvalue weighted by Crippen LogP contribution is 2.31. The minimum Gasteiger partial charge on any atom is -0.441 e. The molecule has 0 unspecified atom stereocenters. The van der Waals surface area contributed by atoms with Crippen LogP contribution < -0.4 is 5.32 Å². The van der Waals surface area contributed by atoms with Gasteiger partial charge in [-0.2, -0.15) is 0 Å². The fraction of sp³-hybridized carbons (Fsp3) is 0.500. The summed E-state index contributed by atoms with van der Waals surface area (Å²) in [7, 11) is 0. The maximum absolute atomic E-state index is 12.5. The van der Waals surface area contributed by atoms with E-state index in [0.29, 0.717) is 23.5 Å². The van der Waals surface area contributed by atoms with Crippen molar-refractivity contribution in [3.05, 3.63) is 30.1 Å². The van der Waals surface area contributed by atoms with Gasteiger partial charge in [0.2, 0.25) is 0 Å². The highest BCUT2D eigenvalue weighted by atomic mass is 16.6. The number of nitrogens with zero attached hydrogens (tertiary/aromatic N) is 3. The molecule has 0 saturated carbocycles. The Labute approximate surface area is 181 Å². The number of hydrogen-bond donors (Lipinski definition) is 3. The number of rotatable bonds is 8. The summed E-state index contributed by atoms with van der Waals surface area (Å²) in [4.78, 5) is 21.8. The number of amides is 1. The second-order valence-electron chi connectivity index (χ2n) is 8.67. The molecule has 0 bridgehead atoms. The van der Waals surface area contributed by atoms with E-state index in [9.17, 15) is 15.0 Å². The van der Waals surface area contributed by atoms with Crippen LogP contribution in [0.2, 0.25) is 0 Å². The molecule has 0 aliphatic heterocycles. The van der Waals surface area contributed by atoms with Gasteiger partial charge >= 0.3 is 6.09 Å². The van der Waals surface area contributed by atoms with Crippen molar-refractivity contribution in [2.75, 3.05) is 18.5 Å². The minimum atomic E-state index is -1.04. The van der Waals surface area contributed by atoms with E-state index in [0.717, 1.165) is 10.9 Å². The van der Waals surface area contributed by atoms with Crippen molar-refractivity contribution in [3.8, 4) is 0 Å². The number of ether oxygens (including phenoxy) is 2. The normalized spacial score (nSPS) is 12.5. The monoisotopic (exact) mass is 430 g/mol. The lowest BCUT2D eigenvalue weighted by Crippen LogP contribution is -2.34. The van der Waals surface area contributed by atoms with Gasteiger partial charge in [0.05, 0.1) is 29.8 Å². The molecule has 31 heavy (non-hydrogen) atoms. The van der Waals surface area contributed by atoms with Gasteiger partial charge < -0.3 is 24.3 Å². The van der Waals surface area contributed by atoms with Gasteiger partial charge in [-0.3, -0.25) is 5.32 Å². The summed E-state index contributed by atoms with van der Waals surface area (Å²) >= 11 is 0. The fourth-order valence-corrected chi connectivity index (χ4v) is 3.24. The molecule has 0 aliphatic rings. The maximum Gasteiger partial charge on any atom is 0.413 e. The molecule has 2 heterocycles. The Morgan fingerprint density at radius 1 is 1.19 bits per heavy atom. The van der Waals surface area contributed by atoms with Crippen LogP contribution in [-0.4, -0.2) is 55.3 Å². The standard InChI is InChI=1S/C22H30N4O5/c1-6-30-11-16-24-17-18(26(16)12-21(2,3)29)14-9-7-8-10-15(14)23-19(17)25-20(28)31-22(4,5)13-27/h7-10,27,29H,6,11-13H2,1-5H3,(H,23,25,28). The van der Waals surface area contributed by atoms with Crippen LogP contribution in [0.4, 0.5) is 10.6 Å². The molecule has 168 valence electrons. The smallest absolute Gasteiger partial charge is 0.413 e. The SMILES string of the molecule is CCOCc1nc2c(NC(=O)OC(C)(C)CO)nc3ccccc3c2n1CC(C)(C)O. The first-order valence-corrected chi connectivity index (χ1v) is 10.2. The van der Waals surface area contributed by atoms with Gasteiger partial charge in [-0.05, 0) is 40.7 Å². The number of aliphatic hydroxyl groups excluding tert-OH is 1. The second-order valence-corrected chi connectivity index (χ2v) is 8.67. The van der Waals surface area contributed by atoms with Crippen molar-refractivity contribution in [1.29, 1.82) is 0 Å². The van der Waals surface area contributed by atoms with E-state index in [2.05, 4.69) is 10.3 Å². The molecule has 0 aliphatic carbocycles. The predicted molar refractivity (Wildman–Crippen MR) is 118 cm³/mol. The van der Waals surface area contributed by atoms with Crippen molar-refractivity contribution in [3.63, 3.8) is 0 Å². The van der Waals surface area contributed by atoms with Crippen LogP contribution in [0.3, 0.4) is 0 Å². The maximum atomic E-state index is 12.5. The van der Waals surface area contributed by atoms with Gasteiger partial charge in [-0.15, -0.1) is 0 Å². The molecule has 9 nitrogen and oxygen atoms in total. The Kier molecular flexibility index (Phi) is 6.49. The Morgan fingerprint density at radius 2 is 1.90 bits per heavy atom. The third-order valence-electron chi connectivity index (χ3n) is 4.61. The summed E-state index contributed by atoms with van der Waals surface area (Å²) in [5.74, 6) is 0.851. The van der Waals surface area contributed by atoms with E-state index in [1.165, 1.54) is 0 Å². The van der Waals surface area contributed by atoms with Gasteiger partial charge in [-0.25, -0.2) is 14.8 Å². The molecule has 0 fully saturated rings. The lowest BCUT2D eigenvalue weighted by molar-refractivity contribution is 0.00358. The number of carbonyl (C=O) groups is 1. The third-order valence-corrected chi connectivity index (χ3v) is 4.61. The molecule has 3 aromatic rings. The van der Waals surface area contributed by atoms with Gasteiger partial charge in [0, 0.05) is 12.0 Å². The predicted octanol–water partition coefficient (Wildman–Crippen LogP) is 3.21. The van der Waals surface area contributed by atoms with Crippen LogP contribution in [0.5, 0.6) is 0 Å². The van der Waals surface area contributed by atoms with Crippen molar-refractivity contribution < 1.29 is 24.5 Å². The van der Waals surface area contributed by atoms with E-state index < -0.39 is 17.3 Å². The van der Waals surface area contributed by atoms with Crippen LogP contribution in [0.25, 0.3) is 21.9 Å². The highest BCUT2D eigenvalue weighted by Gasteiger charge is 2.26. The van der Waals surface area contributed by atoms with E-state index in [1.807, 2.05) is 35.8 Å². The van der Waals surface area contributed by atoms with Crippen LogP contribution in [0.15, 0.2) is 24.3 Å². The van der Waals surface area contributed by atoms with Gasteiger partial charge in [0.1, 0.15) is 23.5 Å². The first-order chi connectivity index (χ1) is 14.5. The summed E-state index contributed by atoms with van der Waals surface area (Å²) < 4.78 is 12.8. The average molecular weight is 431 g/mol. The summed E-state index contributed by atoms with van der Waals surface area (Å²) in [5.41, 5.74) is -0.181. The lowest BCUT2D eigenvalue weighted by atomic mass is 10.1. The van der Waals surface area contributed by atoms with Crippen LogP contribution in [0.1, 0.15) is 40.4 Å². The molecular formula is C22H30N4O5. The van der Waals surface area contributed by atoms with Crippen LogP contribution in [0, 0.1) is 0 Å². The summed E-state index contributed by atoms with van der Waals surface area (Å²) in [6.45, 7) is 9.27. The van der Waals surface area contributed by atoms with E-state index >= 15 is 0 Å². The van der Waals surface area contributed by atoms with E-state index in [1.54, 1.807) is 27.7 Å². The molecule has 9 heteroatoms. The second kappa shape index (κ2) is 8.78. The van der Waals surface area contributed by atoms with Gasteiger partial charge in [-0.1, -0.05) is 18.2 Å². The first-order valence-electron chi connectivity index (χ1n) is 10.2. The fourth-order valence-electron chi connectivity index (χ4n) is 3.24. The lowest BCUT2D eigenvalue weighted by Gasteiger charge is -2.22. The zero-order valence-electron chi connectivity index (χ0n) is 18.6. The molecular weight excluding hydrogens is 400 g/mol. The number of fused-ring (bicyclic) bond motifs is 3. The average Bonchev–Trinajstić information content (AvgIpc) is 3.03. The number of anilines is 1. The quantitative estimate of drug-likeness (QED) is 0.502.